The molecule has 150 valence electrons. The molecule has 0 bridgehead atoms. The minimum atomic E-state index is -0.131. The molecule has 7 nitrogen and oxygen atoms in total. The lowest BCUT2D eigenvalue weighted by Crippen LogP contribution is -2.13. The minimum absolute atomic E-state index is 0.131. The number of aryl methyl sites for hydroxylation is 1. The van der Waals surface area contributed by atoms with Crippen molar-refractivity contribution in [2.45, 2.75) is 12.8 Å². The van der Waals surface area contributed by atoms with Crippen molar-refractivity contribution in [3.63, 3.8) is 0 Å². The molecule has 5 N–H and O–H groups in total. The van der Waals surface area contributed by atoms with Crippen LogP contribution in [0.25, 0.3) is 16.8 Å². The zero-order chi connectivity index (χ0) is 20.9. The van der Waals surface area contributed by atoms with Gasteiger partial charge in [0.25, 0.3) is 0 Å². The van der Waals surface area contributed by atoms with Crippen molar-refractivity contribution in [2.75, 3.05) is 16.8 Å². The molecule has 0 aliphatic carbocycles. The third kappa shape index (κ3) is 4.47. The van der Waals surface area contributed by atoms with Gasteiger partial charge >= 0.3 is 0 Å². The Kier molecular flexibility index (Phi) is 5.43. The molecule has 3 aromatic carbocycles. The number of benzene rings is 3. The summed E-state index contributed by atoms with van der Waals surface area (Å²) in [5.41, 5.74) is 17.2. The molecule has 1 heterocycles. The van der Waals surface area contributed by atoms with Gasteiger partial charge in [-0.1, -0.05) is 41.6 Å². The van der Waals surface area contributed by atoms with E-state index in [1.165, 1.54) is 0 Å². The van der Waals surface area contributed by atoms with E-state index in [0.29, 0.717) is 23.5 Å². The summed E-state index contributed by atoms with van der Waals surface area (Å²) in [4.78, 5) is 12.5. The van der Waals surface area contributed by atoms with Gasteiger partial charge in [-0.05, 0) is 47.5 Å². The standard InChI is InChI=1S/C23H22N6O/c24-18-7-10-20(11-8-18)29-15-19(27-28-29)9-13-23(30)26-22-14-17(6-12-21(22)25)16-4-2-1-3-5-16/h1-8,10-12,14-15H,9,13,24-25H2,(H,26,30). The predicted octanol–water partition coefficient (Wildman–Crippen LogP) is 3.67. The first-order valence-corrected chi connectivity index (χ1v) is 9.60. The van der Waals surface area contributed by atoms with E-state index in [4.69, 9.17) is 11.5 Å². The highest BCUT2D eigenvalue weighted by Crippen LogP contribution is 2.27. The largest absolute Gasteiger partial charge is 0.399 e. The molecule has 7 heteroatoms. The third-order valence-corrected chi connectivity index (χ3v) is 4.74. The van der Waals surface area contributed by atoms with Crippen molar-refractivity contribution < 1.29 is 4.79 Å². The van der Waals surface area contributed by atoms with Crippen molar-refractivity contribution in [3.8, 4) is 16.8 Å². The van der Waals surface area contributed by atoms with Gasteiger partial charge in [-0.25, -0.2) is 4.68 Å². The lowest BCUT2D eigenvalue weighted by molar-refractivity contribution is -0.116. The fraction of sp³-hybridized carbons (Fsp3) is 0.0870. The number of carbonyl (C=O) groups excluding carboxylic acids is 1. The summed E-state index contributed by atoms with van der Waals surface area (Å²) in [5, 5.41) is 11.2. The first-order valence-electron chi connectivity index (χ1n) is 9.60. The number of anilines is 3. The van der Waals surface area contributed by atoms with Crippen molar-refractivity contribution in [3.05, 3.63) is 84.7 Å². The molecule has 0 aliphatic heterocycles. The van der Waals surface area contributed by atoms with Crippen LogP contribution < -0.4 is 16.8 Å². The van der Waals surface area contributed by atoms with Crippen molar-refractivity contribution in [2.24, 2.45) is 0 Å². The number of nitrogens with one attached hydrogen (secondary N) is 1. The molecular weight excluding hydrogens is 376 g/mol. The molecule has 1 amide bonds. The Labute approximate surface area is 174 Å². The summed E-state index contributed by atoms with van der Waals surface area (Å²) in [6.45, 7) is 0. The average molecular weight is 398 g/mol. The number of rotatable bonds is 6. The van der Waals surface area contributed by atoms with Crippen LogP contribution in [-0.2, 0) is 11.2 Å². The van der Waals surface area contributed by atoms with Gasteiger partial charge in [-0.2, -0.15) is 0 Å². The number of nitrogens with two attached hydrogens (primary N) is 2. The molecule has 0 fully saturated rings. The Morgan fingerprint density at radius 3 is 2.47 bits per heavy atom. The summed E-state index contributed by atoms with van der Waals surface area (Å²) < 4.78 is 1.66. The number of nitrogen functional groups attached to an aromatic ring is 2. The second kappa shape index (κ2) is 8.48. The number of amides is 1. The Morgan fingerprint density at radius 1 is 0.933 bits per heavy atom. The van der Waals surface area contributed by atoms with Crippen LogP contribution in [0.15, 0.2) is 79.0 Å². The number of aromatic nitrogens is 3. The van der Waals surface area contributed by atoms with E-state index >= 15 is 0 Å². The lowest BCUT2D eigenvalue weighted by atomic mass is 10.0. The van der Waals surface area contributed by atoms with Crippen molar-refractivity contribution in [1.29, 1.82) is 0 Å². The molecule has 0 atom stereocenters. The lowest BCUT2D eigenvalue weighted by Gasteiger charge is -2.10. The predicted molar refractivity (Wildman–Crippen MR) is 119 cm³/mol. The number of carbonyl (C=O) groups is 1. The van der Waals surface area contributed by atoms with Crippen LogP contribution in [0.1, 0.15) is 12.1 Å². The average Bonchev–Trinajstić information content (AvgIpc) is 3.24. The summed E-state index contributed by atoms with van der Waals surface area (Å²) >= 11 is 0. The Bertz CT molecular complexity index is 1150. The molecule has 0 aliphatic rings. The van der Waals surface area contributed by atoms with Gasteiger partial charge in [-0.3, -0.25) is 4.79 Å². The fourth-order valence-electron chi connectivity index (χ4n) is 3.10. The molecule has 4 rings (SSSR count). The molecular formula is C23H22N6O. The van der Waals surface area contributed by atoms with Crippen LogP contribution in [0.3, 0.4) is 0 Å². The second-order valence-corrected chi connectivity index (χ2v) is 6.96. The van der Waals surface area contributed by atoms with Crippen LogP contribution in [0.5, 0.6) is 0 Å². The molecule has 0 radical (unpaired) electrons. The molecule has 0 saturated heterocycles. The van der Waals surface area contributed by atoms with Gasteiger partial charge in [0.05, 0.1) is 29.0 Å². The van der Waals surface area contributed by atoms with E-state index < -0.39 is 0 Å². The normalized spacial score (nSPS) is 10.7. The van der Waals surface area contributed by atoms with E-state index in [1.54, 1.807) is 22.9 Å². The van der Waals surface area contributed by atoms with E-state index in [2.05, 4.69) is 15.6 Å². The van der Waals surface area contributed by atoms with E-state index in [-0.39, 0.29) is 12.3 Å². The minimum Gasteiger partial charge on any atom is -0.399 e. The van der Waals surface area contributed by atoms with Crippen LogP contribution in [0.2, 0.25) is 0 Å². The van der Waals surface area contributed by atoms with E-state index in [1.807, 2.05) is 60.8 Å². The van der Waals surface area contributed by atoms with Crippen LogP contribution >= 0.6 is 0 Å². The zero-order valence-electron chi connectivity index (χ0n) is 16.3. The maximum Gasteiger partial charge on any atom is 0.224 e. The Morgan fingerprint density at radius 2 is 1.70 bits per heavy atom. The second-order valence-electron chi connectivity index (χ2n) is 6.96. The summed E-state index contributed by atoms with van der Waals surface area (Å²) in [6, 6.07) is 22.9. The Balaban J connectivity index is 1.39. The highest BCUT2D eigenvalue weighted by Gasteiger charge is 2.10. The molecule has 0 unspecified atom stereocenters. The maximum atomic E-state index is 12.5. The van der Waals surface area contributed by atoms with Crippen LogP contribution in [0, 0.1) is 0 Å². The van der Waals surface area contributed by atoms with Gasteiger partial charge in [0.1, 0.15) is 0 Å². The topological polar surface area (TPSA) is 112 Å². The summed E-state index contributed by atoms with van der Waals surface area (Å²) in [6.07, 6.45) is 2.55. The highest BCUT2D eigenvalue weighted by atomic mass is 16.1. The zero-order valence-corrected chi connectivity index (χ0v) is 16.3. The van der Waals surface area contributed by atoms with Crippen LogP contribution in [0.4, 0.5) is 17.1 Å². The number of nitrogens with zero attached hydrogens (tertiary/aromatic N) is 3. The van der Waals surface area contributed by atoms with Crippen molar-refractivity contribution >= 4 is 23.0 Å². The van der Waals surface area contributed by atoms with Crippen LogP contribution in [-0.4, -0.2) is 20.9 Å². The monoisotopic (exact) mass is 398 g/mol. The number of hydrogen-bond donors (Lipinski definition) is 3. The first-order chi connectivity index (χ1) is 14.6. The van der Waals surface area contributed by atoms with Gasteiger partial charge in [0, 0.05) is 18.5 Å². The molecule has 0 saturated carbocycles. The maximum absolute atomic E-state index is 12.5. The summed E-state index contributed by atoms with van der Waals surface area (Å²) in [5.74, 6) is -0.131. The van der Waals surface area contributed by atoms with Gasteiger partial charge in [-0.15, -0.1) is 5.10 Å². The fourth-order valence-corrected chi connectivity index (χ4v) is 3.10. The van der Waals surface area contributed by atoms with E-state index in [0.717, 1.165) is 22.5 Å². The molecule has 30 heavy (non-hydrogen) atoms. The summed E-state index contributed by atoms with van der Waals surface area (Å²) in [7, 11) is 0. The number of hydrogen-bond acceptors (Lipinski definition) is 5. The van der Waals surface area contributed by atoms with E-state index in [9.17, 15) is 4.79 Å². The molecule has 1 aromatic heterocycles. The molecule has 0 spiro atoms. The quantitative estimate of drug-likeness (QED) is 0.429. The SMILES string of the molecule is Nc1ccc(-n2cc(CCC(=O)Nc3cc(-c4ccccc4)ccc3N)nn2)cc1. The van der Waals surface area contributed by atoms with Gasteiger partial charge in [0.15, 0.2) is 0 Å². The Hall–Kier alpha value is -4.13. The van der Waals surface area contributed by atoms with Crippen molar-refractivity contribution in [1.82, 2.24) is 15.0 Å². The highest BCUT2D eigenvalue weighted by molar-refractivity contribution is 5.95. The molecule has 4 aromatic rings. The van der Waals surface area contributed by atoms with Gasteiger partial charge in [0.2, 0.25) is 5.91 Å². The first kappa shape index (κ1) is 19.2. The smallest absolute Gasteiger partial charge is 0.224 e. The third-order valence-electron chi connectivity index (χ3n) is 4.74. The van der Waals surface area contributed by atoms with Gasteiger partial charge < -0.3 is 16.8 Å².